The minimum atomic E-state index is 0. The number of phenols is 4. The van der Waals surface area contributed by atoms with Crippen molar-refractivity contribution in [3.8, 4) is 103 Å². The quantitative estimate of drug-likeness (QED) is 0.111. The van der Waals surface area contributed by atoms with Crippen LogP contribution in [0.4, 0.5) is 0 Å². The maximum atomic E-state index is 10.2. The summed E-state index contributed by atoms with van der Waals surface area (Å²) >= 11 is 0. The average molecular weight is 1140 g/mol. The van der Waals surface area contributed by atoms with Gasteiger partial charge >= 0.3 is 0 Å². The van der Waals surface area contributed by atoms with E-state index in [0.29, 0.717) is 57.4 Å². The minimum Gasteiger partial charge on any atom is -0.507 e. The minimum absolute atomic E-state index is 0. The molecule has 16 nitrogen and oxygen atoms in total. The highest BCUT2D eigenvalue weighted by atomic mass is 16.3. The number of aromatic nitrogens is 12. The SMILES string of the molecule is C.C.C.C.Oc1ccccc1-c1nc(-c2ccccc2)nc(-c2ccccc2)n1.Oc1ccccc1-c1nc(-c2ccccc2)nc(-c2ccccc2)n1.Oc1ccccc1-n1nc2ccccc2n1.Oc1ccccc1-n1nc2ccccc2n1. The van der Waals surface area contributed by atoms with Crippen molar-refractivity contribution in [2.24, 2.45) is 0 Å². The summed E-state index contributed by atoms with van der Waals surface area (Å²) in [6.07, 6.45) is 0. The van der Waals surface area contributed by atoms with Gasteiger partial charge in [0.2, 0.25) is 0 Å². The molecule has 16 heteroatoms. The normalized spacial score (nSPS) is 10.1. The van der Waals surface area contributed by atoms with E-state index in [0.717, 1.165) is 44.3 Å². The molecular weight excluding hydrogens is 1070 g/mol. The summed E-state index contributed by atoms with van der Waals surface area (Å²) in [4.78, 5) is 30.5. The van der Waals surface area contributed by atoms with E-state index in [4.69, 9.17) is 0 Å². The van der Waals surface area contributed by atoms with Gasteiger partial charge in [0.1, 0.15) is 56.4 Å². The molecule has 0 aliphatic heterocycles. The van der Waals surface area contributed by atoms with Crippen LogP contribution in [0.25, 0.3) is 102 Å². The summed E-state index contributed by atoms with van der Waals surface area (Å²) < 4.78 is 0. The number of aromatic hydroxyl groups is 4. The third kappa shape index (κ3) is 14.6. The highest BCUT2D eigenvalue weighted by molar-refractivity contribution is 5.75. The molecule has 0 saturated carbocycles. The van der Waals surface area contributed by atoms with Crippen molar-refractivity contribution in [2.75, 3.05) is 0 Å². The Kier molecular flexibility index (Phi) is 21.0. The largest absolute Gasteiger partial charge is 0.507 e. The molecule has 0 aliphatic rings. The molecule has 14 aromatic rings. The lowest BCUT2D eigenvalue weighted by Crippen LogP contribution is -2.00. The Labute approximate surface area is 499 Å². The first kappa shape index (κ1) is 61.8. The topological polar surface area (TPSA) is 220 Å². The molecule has 0 unspecified atom stereocenters. The zero-order valence-electron chi connectivity index (χ0n) is 43.6. The van der Waals surface area contributed by atoms with Crippen LogP contribution in [-0.4, -0.2) is 80.3 Å². The lowest BCUT2D eigenvalue weighted by atomic mass is 10.1. The fourth-order valence-corrected chi connectivity index (χ4v) is 8.39. The Balaban J connectivity index is 0.000000165. The summed E-state index contributed by atoms with van der Waals surface area (Å²) in [7, 11) is 0. The first-order chi connectivity index (χ1) is 40.3. The molecule has 0 saturated heterocycles. The van der Waals surface area contributed by atoms with Crippen LogP contribution < -0.4 is 0 Å². The summed E-state index contributed by atoms with van der Waals surface area (Å²) in [5.74, 6) is 3.83. The van der Waals surface area contributed by atoms with E-state index in [9.17, 15) is 20.4 Å². The van der Waals surface area contributed by atoms with Gasteiger partial charge in [-0.05, 0) is 72.8 Å². The molecular formula is C70H64N12O4. The molecule has 0 bridgehead atoms. The number of hydrogen-bond donors (Lipinski definition) is 4. The number of phenolic OH excluding ortho intramolecular Hbond substituents is 4. The predicted molar refractivity (Wildman–Crippen MR) is 344 cm³/mol. The molecule has 0 radical (unpaired) electrons. The molecule has 0 atom stereocenters. The fraction of sp³-hybridized carbons (Fsp3) is 0.0571. The summed E-state index contributed by atoms with van der Waals surface area (Å²) in [6, 6.07) is 82.3. The van der Waals surface area contributed by atoms with E-state index in [2.05, 4.69) is 50.3 Å². The van der Waals surface area contributed by atoms with Gasteiger partial charge in [0, 0.05) is 22.3 Å². The number of rotatable bonds is 8. The number of fused-ring (bicyclic) bond motifs is 2. The molecule has 86 heavy (non-hydrogen) atoms. The van der Waals surface area contributed by atoms with E-state index >= 15 is 0 Å². The monoisotopic (exact) mass is 1140 g/mol. The van der Waals surface area contributed by atoms with Gasteiger partial charge in [0.05, 0.1) is 11.1 Å². The van der Waals surface area contributed by atoms with Crippen LogP contribution in [0.15, 0.2) is 267 Å². The van der Waals surface area contributed by atoms with Crippen molar-refractivity contribution in [1.82, 2.24) is 59.9 Å². The zero-order chi connectivity index (χ0) is 56.0. The van der Waals surface area contributed by atoms with Crippen LogP contribution in [-0.2, 0) is 0 Å². The molecule has 4 N–H and O–H groups in total. The number of benzene rings is 10. The highest BCUT2D eigenvalue weighted by Crippen LogP contribution is 2.32. The number of para-hydroxylation sites is 6. The second-order valence-corrected chi connectivity index (χ2v) is 18.0. The van der Waals surface area contributed by atoms with Crippen molar-refractivity contribution in [3.63, 3.8) is 0 Å². The highest BCUT2D eigenvalue weighted by Gasteiger charge is 2.16. The predicted octanol–water partition coefficient (Wildman–Crippen LogP) is 16.0. The Morgan fingerprint density at radius 1 is 0.209 bits per heavy atom. The van der Waals surface area contributed by atoms with Gasteiger partial charge in [-0.3, -0.25) is 0 Å². The van der Waals surface area contributed by atoms with Crippen LogP contribution in [0.2, 0.25) is 0 Å². The Morgan fingerprint density at radius 3 is 0.674 bits per heavy atom. The number of hydrogen-bond acceptors (Lipinski definition) is 14. The molecule has 10 aromatic carbocycles. The second-order valence-electron chi connectivity index (χ2n) is 18.0. The molecule has 428 valence electrons. The van der Waals surface area contributed by atoms with Crippen molar-refractivity contribution in [1.29, 1.82) is 0 Å². The van der Waals surface area contributed by atoms with E-state index in [1.165, 1.54) is 9.59 Å². The fourth-order valence-electron chi connectivity index (χ4n) is 8.39. The molecule has 4 aromatic heterocycles. The van der Waals surface area contributed by atoms with E-state index in [1.807, 2.05) is 194 Å². The van der Waals surface area contributed by atoms with Crippen LogP contribution >= 0.6 is 0 Å². The van der Waals surface area contributed by atoms with Crippen molar-refractivity contribution in [3.05, 3.63) is 267 Å². The Bertz CT molecular complexity index is 3950. The van der Waals surface area contributed by atoms with Crippen LogP contribution in [0.5, 0.6) is 23.0 Å². The van der Waals surface area contributed by atoms with Crippen molar-refractivity contribution >= 4 is 22.1 Å². The van der Waals surface area contributed by atoms with Crippen molar-refractivity contribution < 1.29 is 20.4 Å². The second kappa shape index (κ2) is 29.3. The van der Waals surface area contributed by atoms with Gasteiger partial charge < -0.3 is 20.4 Å². The summed E-state index contributed by atoms with van der Waals surface area (Å²) in [5, 5.41) is 56.9. The lowest BCUT2D eigenvalue weighted by molar-refractivity contribution is 0.467. The lowest BCUT2D eigenvalue weighted by Gasteiger charge is -2.09. The number of nitrogens with zero attached hydrogens (tertiary/aromatic N) is 12. The molecule has 14 rings (SSSR count). The molecule has 0 spiro atoms. The van der Waals surface area contributed by atoms with Gasteiger partial charge in [-0.1, -0.05) is 224 Å². The third-order valence-electron chi connectivity index (χ3n) is 12.5. The van der Waals surface area contributed by atoms with Gasteiger partial charge in [0.25, 0.3) is 0 Å². The maximum Gasteiger partial charge on any atom is 0.167 e. The van der Waals surface area contributed by atoms with Gasteiger partial charge in [-0.15, -0.1) is 30.0 Å². The van der Waals surface area contributed by atoms with Crippen LogP contribution in [0.1, 0.15) is 29.7 Å². The van der Waals surface area contributed by atoms with E-state index in [-0.39, 0.29) is 52.7 Å². The summed E-state index contributed by atoms with van der Waals surface area (Å²) in [6.45, 7) is 0. The van der Waals surface area contributed by atoms with Crippen LogP contribution in [0.3, 0.4) is 0 Å². The van der Waals surface area contributed by atoms with Crippen LogP contribution in [0, 0.1) is 0 Å². The van der Waals surface area contributed by atoms with Crippen molar-refractivity contribution in [2.45, 2.75) is 29.7 Å². The molecule has 0 amide bonds. The Hall–Kier alpha value is -11.8. The van der Waals surface area contributed by atoms with E-state index in [1.54, 1.807) is 72.8 Å². The third-order valence-corrected chi connectivity index (χ3v) is 12.5. The smallest absolute Gasteiger partial charge is 0.167 e. The Morgan fingerprint density at radius 2 is 0.419 bits per heavy atom. The summed E-state index contributed by atoms with van der Waals surface area (Å²) in [5.41, 5.74) is 9.18. The first-order valence-electron chi connectivity index (χ1n) is 25.8. The zero-order valence-corrected chi connectivity index (χ0v) is 43.6. The first-order valence-corrected chi connectivity index (χ1v) is 25.8. The molecule has 0 fully saturated rings. The standard InChI is InChI=1S/2C21H15N3O.2C12H9N3O.4CH4/c2*25-18-14-8-7-13-17(18)21-23-19(15-9-3-1-4-10-15)22-20(24-21)16-11-5-2-6-12-16;2*16-12-8-4-3-7-11(12)15-13-9-5-1-2-6-10(9)14-15;;;;/h2*1-14,25H;2*1-8,16H;4*1H4. The van der Waals surface area contributed by atoms with Gasteiger partial charge in [0.15, 0.2) is 34.9 Å². The van der Waals surface area contributed by atoms with Gasteiger partial charge in [-0.2, -0.15) is 0 Å². The van der Waals surface area contributed by atoms with Gasteiger partial charge in [-0.25, -0.2) is 29.9 Å². The maximum absolute atomic E-state index is 10.2. The van der Waals surface area contributed by atoms with E-state index < -0.39 is 0 Å². The average Bonchev–Trinajstić information content (AvgIpc) is 2.79. The molecule has 4 heterocycles. The molecule has 0 aliphatic carbocycles.